The fourth-order valence-corrected chi connectivity index (χ4v) is 4.84. The maximum Gasteiger partial charge on any atom is 0.300 e. The van der Waals surface area contributed by atoms with Crippen molar-refractivity contribution in [2.24, 2.45) is 0 Å². The van der Waals surface area contributed by atoms with Crippen molar-refractivity contribution >= 4 is 34.5 Å². The highest BCUT2D eigenvalue weighted by molar-refractivity contribution is 7.10. The van der Waals surface area contributed by atoms with Gasteiger partial charge in [0.2, 0.25) is 0 Å². The number of ketones is 1. The quantitative estimate of drug-likeness (QED) is 0.330. The maximum absolute atomic E-state index is 14.6. The first-order valence-corrected chi connectivity index (χ1v) is 10.6. The van der Waals surface area contributed by atoms with Crippen LogP contribution in [0.3, 0.4) is 0 Å². The summed E-state index contributed by atoms with van der Waals surface area (Å²) in [6.07, 6.45) is 0. The van der Waals surface area contributed by atoms with Crippen LogP contribution in [0.4, 0.5) is 14.5 Å². The molecule has 1 amide bonds. The summed E-state index contributed by atoms with van der Waals surface area (Å²) in [6.45, 7) is 3.61. The monoisotopic (exact) mass is 455 g/mol. The smallest absolute Gasteiger partial charge is 0.300 e. The zero-order valence-electron chi connectivity index (χ0n) is 17.5. The SMILES string of the molecule is COc1c(C)cc(C)cc1/C(O)=C1/C(=O)C(=O)N(c2cc(F)ccc2F)C1c1cccs1. The van der Waals surface area contributed by atoms with E-state index in [-0.39, 0.29) is 16.8 Å². The van der Waals surface area contributed by atoms with Crippen LogP contribution in [0.1, 0.15) is 27.6 Å². The first-order valence-electron chi connectivity index (χ1n) is 9.69. The summed E-state index contributed by atoms with van der Waals surface area (Å²) in [5.74, 6) is -3.77. The molecule has 1 aliphatic heterocycles. The van der Waals surface area contributed by atoms with Gasteiger partial charge >= 0.3 is 0 Å². The lowest BCUT2D eigenvalue weighted by molar-refractivity contribution is -0.132. The molecule has 1 unspecified atom stereocenters. The number of amides is 1. The van der Waals surface area contributed by atoms with E-state index in [1.807, 2.05) is 13.0 Å². The van der Waals surface area contributed by atoms with Crippen LogP contribution in [0.15, 0.2) is 53.4 Å². The molecular formula is C24H19F2NO4S. The van der Waals surface area contributed by atoms with Crippen molar-refractivity contribution in [3.63, 3.8) is 0 Å². The molecule has 8 heteroatoms. The Hall–Kier alpha value is -3.52. The van der Waals surface area contributed by atoms with E-state index >= 15 is 0 Å². The lowest BCUT2D eigenvalue weighted by Crippen LogP contribution is -2.30. The Balaban J connectivity index is 2.01. The summed E-state index contributed by atoms with van der Waals surface area (Å²) in [5, 5.41) is 13.0. The highest BCUT2D eigenvalue weighted by atomic mass is 32.1. The number of aliphatic hydroxyl groups is 1. The van der Waals surface area contributed by atoms with Crippen LogP contribution in [0.25, 0.3) is 5.76 Å². The maximum atomic E-state index is 14.6. The second-order valence-electron chi connectivity index (χ2n) is 7.44. The molecule has 0 spiro atoms. The number of carbonyl (C=O) groups is 2. The Kier molecular flexibility index (Phi) is 5.56. The number of methoxy groups -OCH3 is 1. The second kappa shape index (κ2) is 8.20. The molecule has 2 heterocycles. The fraction of sp³-hybridized carbons (Fsp3) is 0.167. The van der Waals surface area contributed by atoms with Crippen molar-refractivity contribution in [1.29, 1.82) is 0 Å². The van der Waals surface area contributed by atoms with Crippen molar-refractivity contribution in [2.45, 2.75) is 19.9 Å². The molecule has 1 saturated heterocycles. The zero-order valence-corrected chi connectivity index (χ0v) is 18.3. The van der Waals surface area contributed by atoms with E-state index in [0.29, 0.717) is 10.6 Å². The number of hydrogen-bond acceptors (Lipinski definition) is 5. The minimum Gasteiger partial charge on any atom is -0.507 e. The molecule has 0 saturated carbocycles. The third-order valence-corrected chi connectivity index (χ3v) is 6.23. The van der Waals surface area contributed by atoms with Gasteiger partial charge in [0, 0.05) is 10.9 Å². The van der Waals surface area contributed by atoms with Crippen LogP contribution in [0, 0.1) is 25.5 Å². The second-order valence-corrected chi connectivity index (χ2v) is 8.42. The molecule has 0 bridgehead atoms. The number of Topliss-reactive ketones (excluding diaryl/α,β-unsaturated/α-hetero) is 1. The van der Waals surface area contributed by atoms with Gasteiger partial charge in [-0.3, -0.25) is 14.5 Å². The highest BCUT2D eigenvalue weighted by Gasteiger charge is 2.48. The number of aryl methyl sites for hydroxylation is 2. The molecule has 1 N–H and O–H groups in total. The van der Waals surface area contributed by atoms with Crippen molar-refractivity contribution < 1.29 is 28.2 Å². The normalized spacial score (nSPS) is 17.8. The van der Waals surface area contributed by atoms with Gasteiger partial charge < -0.3 is 9.84 Å². The van der Waals surface area contributed by atoms with E-state index in [4.69, 9.17) is 4.74 Å². The van der Waals surface area contributed by atoms with Gasteiger partial charge in [-0.1, -0.05) is 12.1 Å². The topological polar surface area (TPSA) is 66.8 Å². The average Bonchev–Trinajstić information content (AvgIpc) is 3.36. The highest BCUT2D eigenvalue weighted by Crippen LogP contribution is 2.45. The summed E-state index contributed by atoms with van der Waals surface area (Å²) < 4.78 is 34.0. The summed E-state index contributed by atoms with van der Waals surface area (Å²) in [6, 6.07) is 8.42. The standard InChI is InChI=1S/C24H19F2NO4S/c1-12-9-13(2)23(31-3)15(10-12)21(28)19-20(18-5-4-8-32-18)27(24(30)22(19)29)17-11-14(25)6-7-16(17)26/h4-11,20,28H,1-3H3/b21-19-. The first-order chi connectivity index (χ1) is 15.2. The van der Waals surface area contributed by atoms with E-state index in [2.05, 4.69) is 0 Å². The van der Waals surface area contributed by atoms with Gasteiger partial charge in [-0.15, -0.1) is 11.3 Å². The van der Waals surface area contributed by atoms with Gasteiger partial charge in [0.25, 0.3) is 11.7 Å². The molecular weight excluding hydrogens is 436 g/mol. The van der Waals surface area contributed by atoms with Gasteiger partial charge in [0.15, 0.2) is 0 Å². The Labute approximate surface area is 187 Å². The molecule has 32 heavy (non-hydrogen) atoms. The summed E-state index contributed by atoms with van der Waals surface area (Å²) >= 11 is 1.23. The van der Waals surface area contributed by atoms with E-state index in [1.165, 1.54) is 18.4 Å². The van der Waals surface area contributed by atoms with Gasteiger partial charge in [0.05, 0.1) is 23.9 Å². The van der Waals surface area contributed by atoms with Gasteiger partial charge in [-0.25, -0.2) is 8.78 Å². The van der Waals surface area contributed by atoms with E-state index in [0.717, 1.165) is 34.2 Å². The van der Waals surface area contributed by atoms with Crippen LogP contribution in [-0.4, -0.2) is 23.9 Å². The Morgan fingerprint density at radius 2 is 1.88 bits per heavy atom. The van der Waals surface area contributed by atoms with E-state index < -0.39 is 35.1 Å². The van der Waals surface area contributed by atoms with Gasteiger partial charge in [0.1, 0.15) is 29.2 Å². The molecule has 1 fully saturated rings. The molecule has 5 nitrogen and oxygen atoms in total. The number of nitrogens with zero attached hydrogens (tertiary/aromatic N) is 1. The summed E-state index contributed by atoms with van der Waals surface area (Å²) in [5.41, 5.74) is 1.18. The number of hydrogen-bond donors (Lipinski definition) is 1. The number of thiophene rings is 1. The van der Waals surface area contributed by atoms with E-state index in [1.54, 1.807) is 30.5 Å². The lowest BCUT2D eigenvalue weighted by atomic mass is 9.96. The van der Waals surface area contributed by atoms with Gasteiger partial charge in [-0.05, 0) is 54.6 Å². The Morgan fingerprint density at radius 1 is 1.12 bits per heavy atom. The molecule has 1 aromatic heterocycles. The molecule has 1 atom stereocenters. The summed E-state index contributed by atoms with van der Waals surface area (Å²) in [4.78, 5) is 27.5. The van der Waals surface area contributed by atoms with Crippen LogP contribution < -0.4 is 9.64 Å². The number of anilines is 1. The first kappa shape index (κ1) is 21.7. The number of aliphatic hydroxyl groups excluding tert-OH is 1. The third-order valence-electron chi connectivity index (χ3n) is 5.30. The largest absolute Gasteiger partial charge is 0.507 e. The Bertz CT molecular complexity index is 1270. The molecule has 1 aliphatic rings. The predicted octanol–water partition coefficient (Wildman–Crippen LogP) is 5.28. The van der Waals surface area contributed by atoms with Crippen molar-refractivity contribution in [3.8, 4) is 5.75 Å². The predicted molar refractivity (Wildman–Crippen MR) is 118 cm³/mol. The van der Waals surface area contributed by atoms with E-state index in [9.17, 15) is 23.5 Å². The third kappa shape index (κ3) is 3.46. The molecule has 4 rings (SSSR count). The van der Waals surface area contributed by atoms with Crippen LogP contribution in [0.2, 0.25) is 0 Å². The average molecular weight is 455 g/mol. The lowest BCUT2D eigenvalue weighted by Gasteiger charge is -2.24. The molecule has 164 valence electrons. The minimum absolute atomic E-state index is 0.218. The number of benzene rings is 2. The van der Waals surface area contributed by atoms with Gasteiger partial charge in [-0.2, -0.15) is 0 Å². The molecule has 0 radical (unpaired) electrons. The van der Waals surface area contributed by atoms with Crippen LogP contribution in [-0.2, 0) is 9.59 Å². The molecule has 2 aromatic carbocycles. The fourth-order valence-electron chi connectivity index (χ4n) is 4.01. The van der Waals surface area contributed by atoms with Crippen molar-refractivity contribution in [2.75, 3.05) is 12.0 Å². The molecule has 0 aliphatic carbocycles. The Morgan fingerprint density at radius 3 is 2.53 bits per heavy atom. The number of rotatable bonds is 4. The van der Waals surface area contributed by atoms with Crippen molar-refractivity contribution in [1.82, 2.24) is 0 Å². The number of carbonyl (C=O) groups excluding carboxylic acids is 2. The molecule has 3 aromatic rings. The number of ether oxygens (including phenoxy) is 1. The zero-order chi connectivity index (χ0) is 23.2. The number of halogens is 2. The van der Waals surface area contributed by atoms with Crippen molar-refractivity contribution in [3.05, 3.63) is 86.6 Å². The summed E-state index contributed by atoms with van der Waals surface area (Å²) in [7, 11) is 1.44. The van der Waals surface area contributed by atoms with Crippen LogP contribution in [0.5, 0.6) is 5.75 Å². The minimum atomic E-state index is -1.13. The van der Waals surface area contributed by atoms with Crippen LogP contribution >= 0.6 is 11.3 Å².